The van der Waals surface area contributed by atoms with Crippen LogP contribution in [0, 0.1) is 11.8 Å². The Bertz CT molecular complexity index is 1080. The molecule has 0 aliphatic carbocycles. The fraction of sp³-hybridized carbons (Fsp3) is 0.375. The number of carboxylic acids is 1. The Labute approximate surface area is 185 Å². The SMILES string of the molecule is CCc1cccc(CC)c1N1C(=O)C2C(c3ccccc3O)NC(CO)(C(=O)O)C2C1=O. The number of carbonyl (C=O) groups excluding carboxylic acids is 2. The number of amides is 2. The molecule has 2 fully saturated rings. The summed E-state index contributed by atoms with van der Waals surface area (Å²) in [6, 6.07) is 10.9. The maximum absolute atomic E-state index is 13.8. The van der Waals surface area contributed by atoms with Crippen molar-refractivity contribution in [3.63, 3.8) is 0 Å². The Morgan fingerprint density at radius 1 is 1.03 bits per heavy atom. The normalized spacial score (nSPS) is 27.1. The van der Waals surface area contributed by atoms with Gasteiger partial charge in [-0.15, -0.1) is 0 Å². The third-order valence-electron chi connectivity index (χ3n) is 6.75. The number of nitrogens with one attached hydrogen (secondary N) is 1. The number of aliphatic carboxylic acids is 1. The Morgan fingerprint density at radius 3 is 2.19 bits per heavy atom. The molecule has 4 rings (SSSR count). The molecule has 32 heavy (non-hydrogen) atoms. The van der Waals surface area contributed by atoms with Gasteiger partial charge in [0.1, 0.15) is 5.75 Å². The number of aryl methyl sites for hydroxylation is 2. The number of benzene rings is 2. The third kappa shape index (κ3) is 2.94. The molecule has 0 saturated carbocycles. The molecule has 4 N–H and O–H groups in total. The van der Waals surface area contributed by atoms with Gasteiger partial charge in [0.15, 0.2) is 5.54 Å². The van der Waals surface area contributed by atoms with Crippen molar-refractivity contribution < 1.29 is 29.7 Å². The highest BCUT2D eigenvalue weighted by atomic mass is 16.4. The zero-order chi connectivity index (χ0) is 23.2. The van der Waals surface area contributed by atoms with Gasteiger partial charge in [-0.05, 0) is 30.0 Å². The summed E-state index contributed by atoms with van der Waals surface area (Å²) in [6.07, 6.45) is 1.17. The first kappa shape index (κ1) is 22.0. The molecule has 2 aliphatic rings. The zero-order valence-corrected chi connectivity index (χ0v) is 17.9. The number of rotatable bonds is 6. The Kier molecular flexibility index (Phi) is 5.52. The molecule has 4 unspecified atom stereocenters. The van der Waals surface area contributed by atoms with Crippen molar-refractivity contribution >= 4 is 23.5 Å². The monoisotopic (exact) mass is 438 g/mol. The molecule has 2 aliphatic heterocycles. The van der Waals surface area contributed by atoms with E-state index in [4.69, 9.17) is 0 Å². The molecule has 0 spiro atoms. The largest absolute Gasteiger partial charge is 0.508 e. The number of fused-ring (bicyclic) bond motifs is 1. The molecular formula is C24H26N2O6. The number of para-hydroxylation sites is 2. The highest BCUT2D eigenvalue weighted by molar-refractivity contribution is 6.25. The van der Waals surface area contributed by atoms with E-state index in [0.29, 0.717) is 24.1 Å². The number of imide groups is 1. The number of carboxylic acid groups (broad SMARTS) is 1. The van der Waals surface area contributed by atoms with E-state index in [9.17, 15) is 29.7 Å². The number of anilines is 1. The second kappa shape index (κ2) is 8.03. The number of carbonyl (C=O) groups is 3. The number of aliphatic hydroxyl groups excluding tert-OH is 1. The van der Waals surface area contributed by atoms with Crippen LogP contribution in [-0.4, -0.2) is 45.2 Å². The summed E-state index contributed by atoms with van der Waals surface area (Å²) in [5, 5.41) is 33.4. The van der Waals surface area contributed by atoms with Crippen molar-refractivity contribution in [3.8, 4) is 5.75 Å². The van der Waals surface area contributed by atoms with Crippen molar-refractivity contribution in [1.29, 1.82) is 0 Å². The summed E-state index contributed by atoms with van der Waals surface area (Å²) in [5.41, 5.74) is 0.370. The molecular weight excluding hydrogens is 412 g/mol. The minimum atomic E-state index is -2.05. The Hall–Kier alpha value is -3.23. The first-order chi connectivity index (χ1) is 15.3. The average molecular weight is 438 g/mol. The summed E-state index contributed by atoms with van der Waals surface area (Å²) < 4.78 is 0. The van der Waals surface area contributed by atoms with E-state index in [2.05, 4.69) is 5.32 Å². The number of phenols is 1. The summed E-state index contributed by atoms with van der Waals surface area (Å²) >= 11 is 0. The van der Waals surface area contributed by atoms with E-state index in [1.807, 2.05) is 32.0 Å². The predicted molar refractivity (Wildman–Crippen MR) is 116 cm³/mol. The topological polar surface area (TPSA) is 127 Å². The van der Waals surface area contributed by atoms with Gasteiger partial charge >= 0.3 is 5.97 Å². The molecule has 2 aromatic carbocycles. The first-order valence-electron chi connectivity index (χ1n) is 10.7. The lowest BCUT2D eigenvalue weighted by Gasteiger charge is -2.30. The van der Waals surface area contributed by atoms with Gasteiger partial charge in [-0.1, -0.05) is 50.2 Å². The number of aromatic hydroxyl groups is 1. The molecule has 2 saturated heterocycles. The fourth-order valence-corrected chi connectivity index (χ4v) is 5.15. The fourth-order valence-electron chi connectivity index (χ4n) is 5.15. The predicted octanol–water partition coefficient (Wildman–Crippen LogP) is 1.78. The van der Waals surface area contributed by atoms with Crippen LogP contribution in [-0.2, 0) is 27.2 Å². The molecule has 8 heteroatoms. The standard InChI is InChI=1S/C24H26N2O6/c1-3-13-8-7-9-14(4-2)20(13)26-21(29)17-18(22(26)30)24(12-27,23(31)32)25-19(17)15-10-5-6-11-16(15)28/h5-11,17-19,25,27-28H,3-4,12H2,1-2H3,(H,31,32). The van der Waals surface area contributed by atoms with E-state index >= 15 is 0 Å². The summed E-state index contributed by atoms with van der Waals surface area (Å²) in [4.78, 5) is 40.9. The molecule has 0 aromatic heterocycles. The average Bonchev–Trinajstić information content (AvgIpc) is 3.27. The molecule has 4 atom stereocenters. The molecule has 0 radical (unpaired) electrons. The van der Waals surface area contributed by atoms with Gasteiger partial charge in [-0.2, -0.15) is 0 Å². The lowest BCUT2D eigenvalue weighted by Crippen LogP contribution is -2.58. The summed E-state index contributed by atoms with van der Waals surface area (Å²) in [6.45, 7) is 2.97. The van der Waals surface area contributed by atoms with Crippen LogP contribution in [0.15, 0.2) is 42.5 Å². The Balaban J connectivity index is 1.92. The Morgan fingerprint density at radius 2 is 1.66 bits per heavy atom. The second-order valence-electron chi connectivity index (χ2n) is 8.26. The van der Waals surface area contributed by atoms with E-state index in [0.717, 1.165) is 16.0 Å². The second-order valence-corrected chi connectivity index (χ2v) is 8.26. The van der Waals surface area contributed by atoms with E-state index in [1.165, 1.54) is 6.07 Å². The maximum Gasteiger partial charge on any atom is 0.327 e. The van der Waals surface area contributed by atoms with Crippen LogP contribution < -0.4 is 10.2 Å². The summed E-state index contributed by atoms with van der Waals surface area (Å²) in [5.74, 6) is -5.14. The minimum Gasteiger partial charge on any atom is -0.508 e. The minimum absolute atomic E-state index is 0.121. The molecule has 168 valence electrons. The van der Waals surface area contributed by atoms with Crippen LogP contribution in [0.1, 0.15) is 36.6 Å². The van der Waals surface area contributed by atoms with Crippen LogP contribution in [0.5, 0.6) is 5.75 Å². The number of hydrogen-bond acceptors (Lipinski definition) is 6. The van der Waals surface area contributed by atoms with Crippen LogP contribution >= 0.6 is 0 Å². The van der Waals surface area contributed by atoms with Crippen LogP contribution in [0.3, 0.4) is 0 Å². The van der Waals surface area contributed by atoms with Gasteiger partial charge in [0, 0.05) is 11.6 Å². The molecule has 2 amide bonds. The van der Waals surface area contributed by atoms with Gasteiger partial charge in [-0.25, -0.2) is 4.90 Å². The van der Waals surface area contributed by atoms with Gasteiger partial charge in [0.05, 0.1) is 24.1 Å². The highest BCUT2D eigenvalue weighted by Gasteiger charge is 2.69. The zero-order valence-electron chi connectivity index (χ0n) is 17.9. The molecule has 2 aromatic rings. The molecule has 8 nitrogen and oxygen atoms in total. The highest BCUT2D eigenvalue weighted by Crippen LogP contribution is 2.51. The molecule has 0 bridgehead atoms. The van der Waals surface area contributed by atoms with Crippen molar-refractivity contribution in [3.05, 3.63) is 59.2 Å². The van der Waals surface area contributed by atoms with Gasteiger partial charge in [0.25, 0.3) is 0 Å². The van der Waals surface area contributed by atoms with Gasteiger partial charge in [-0.3, -0.25) is 19.7 Å². The molecule has 2 heterocycles. The van der Waals surface area contributed by atoms with Crippen molar-refractivity contribution in [1.82, 2.24) is 5.32 Å². The third-order valence-corrected chi connectivity index (χ3v) is 6.75. The van der Waals surface area contributed by atoms with Gasteiger partial charge in [0.2, 0.25) is 11.8 Å². The summed E-state index contributed by atoms with van der Waals surface area (Å²) in [7, 11) is 0. The van der Waals surface area contributed by atoms with E-state index in [1.54, 1.807) is 18.2 Å². The number of nitrogens with zero attached hydrogens (tertiary/aromatic N) is 1. The number of hydrogen-bond donors (Lipinski definition) is 4. The van der Waals surface area contributed by atoms with Crippen molar-refractivity contribution in [2.75, 3.05) is 11.5 Å². The number of aliphatic hydroxyl groups is 1. The van der Waals surface area contributed by atoms with E-state index in [-0.39, 0.29) is 5.75 Å². The lowest BCUT2D eigenvalue weighted by molar-refractivity contribution is -0.150. The smallest absolute Gasteiger partial charge is 0.327 e. The lowest BCUT2D eigenvalue weighted by atomic mass is 9.79. The maximum atomic E-state index is 13.8. The van der Waals surface area contributed by atoms with Gasteiger partial charge < -0.3 is 15.3 Å². The van der Waals surface area contributed by atoms with Crippen molar-refractivity contribution in [2.24, 2.45) is 11.8 Å². The first-order valence-corrected chi connectivity index (χ1v) is 10.7. The number of phenolic OH excluding ortho intramolecular Hbond substituents is 1. The van der Waals surface area contributed by atoms with E-state index < -0.39 is 47.8 Å². The van der Waals surface area contributed by atoms with Crippen LogP contribution in [0.4, 0.5) is 5.69 Å². The van der Waals surface area contributed by atoms with Crippen LogP contribution in [0.2, 0.25) is 0 Å². The van der Waals surface area contributed by atoms with Crippen molar-refractivity contribution in [2.45, 2.75) is 38.3 Å². The quantitative estimate of drug-likeness (QED) is 0.506. The van der Waals surface area contributed by atoms with Crippen LogP contribution in [0.25, 0.3) is 0 Å².